The molecule has 3 heteroatoms. The van der Waals surface area contributed by atoms with Gasteiger partial charge in [0.15, 0.2) is 0 Å². The van der Waals surface area contributed by atoms with Crippen molar-refractivity contribution in [1.82, 2.24) is 0 Å². The van der Waals surface area contributed by atoms with Crippen LogP contribution in [0.25, 0.3) is 0 Å². The average molecular weight is 273 g/mol. The summed E-state index contributed by atoms with van der Waals surface area (Å²) in [5, 5.41) is 0. The molecule has 2 rings (SSSR count). The SMILES string of the molecule is Cc1ccc(C(C)(C)C)c(OCc2occc2CN)c1. The maximum Gasteiger partial charge on any atom is 0.146 e. The van der Waals surface area contributed by atoms with Gasteiger partial charge in [-0.3, -0.25) is 0 Å². The van der Waals surface area contributed by atoms with Gasteiger partial charge < -0.3 is 14.9 Å². The van der Waals surface area contributed by atoms with Gasteiger partial charge in [-0.1, -0.05) is 32.9 Å². The minimum atomic E-state index is 0.0445. The average Bonchev–Trinajstić information content (AvgIpc) is 2.82. The number of ether oxygens (including phenoxy) is 1. The van der Waals surface area contributed by atoms with Crippen LogP contribution in [-0.4, -0.2) is 0 Å². The summed E-state index contributed by atoms with van der Waals surface area (Å²) in [6.07, 6.45) is 1.65. The van der Waals surface area contributed by atoms with Crippen LogP contribution < -0.4 is 10.5 Å². The zero-order valence-electron chi connectivity index (χ0n) is 12.7. The minimum Gasteiger partial charge on any atom is -0.485 e. The van der Waals surface area contributed by atoms with Crippen LogP contribution in [0.5, 0.6) is 5.75 Å². The van der Waals surface area contributed by atoms with Crippen LogP contribution in [0.4, 0.5) is 0 Å². The van der Waals surface area contributed by atoms with Crippen molar-refractivity contribution in [3.8, 4) is 5.75 Å². The van der Waals surface area contributed by atoms with Crippen molar-refractivity contribution in [3.05, 3.63) is 53.0 Å². The van der Waals surface area contributed by atoms with Crippen molar-refractivity contribution < 1.29 is 9.15 Å². The van der Waals surface area contributed by atoms with Crippen molar-refractivity contribution >= 4 is 0 Å². The predicted molar refractivity (Wildman–Crippen MR) is 80.8 cm³/mol. The zero-order valence-corrected chi connectivity index (χ0v) is 12.7. The first kappa shape index (κ1) is 14.7. The van der Waals surface area contributed by atoms with Crippen LogP contribution in [0, 0.1) is 6.92 Å². The molecule has 0 aliphatic rings. The Morgan fingerprint density at radius 1 is 1.20 bits per heavy atom. The molecule has 1 heterocycles. The number of furan rings is 1. The fourth-order valence-electron chi connectivity index (χ4n) is 2.19. The number of nitrogens with two attached hydrogens (primary N) is 1. The predicted octanol–water partition coefficient (Wildman–Crippen LogP) is 3.92. The molecule has 0 aliphatic heterocycles. The van der Waals surface area contributed by atoms with Crippen LogP contribution in [0.15, 0.2) is 34.9 Å². The molecular formula is C17H23NO2. The molecule has 3 nitrogen and oxygen atoms in total. The molecule has 0 atom stereocenters. The van der Waals surface area contributed by atoms with E-state index < -0.39 is 0 Å². The molecular weight excluding hydrogens is 250 g/mol. The van der Waals surface area contributed by atoms with E-state index in [9.17, 15) is 0 Å². The minimum absolute atomic E-state index is 0.0445. The van der Waals surface area contributed by atoms with E-state index in [4.69, 9.17) is 14.9 Å². The molecule has 20 heavy (non-hydrogen) atoms. The lowest BCUT2D eigenvalue weighted by atomic mass is 9.86. The first-order chi connectivity index (χ1) is 9.41. The summed E-state index contributed by atoms with van der Waals surface area (Å²) in [7, 11) is 0. The molecule has 0 spiro atoms. The maximum atomic E-state index is 5.98. The van der Waals surface area contributed by atoms with E-state index in [1.165, 1.54) is 11.1 Å². The Morgan fingerprint density at radius 2 is 1.95 bits per heavy atom. The second-order valence-electron chi connectivity index (χ2n) is 6.11. The van der Waals surface area contributed by atoms with Gasteiger partial charge in [-0.15, -0.1) is 0 Å². The topological polar surface area (TPSA) is 48.4 Å². The molecule has 0 bridgehead atoms. The molecule has 0 unspecified atom stereocenters. The number of benzene rings is 1. The summed E-state index contributed by atoms with van der Waals surface area (Å²) >= 11 is 0. The Balaban J connectivity index is 2.23. The Morgan fingerprint density at radius 3 is 2.60 bits per heavy atom. The highest BCUT2D eigenvalue weighted by atomic mass is 16.5. The quantitative estimate of drug-likeness (QED) is 0.918. The Hall–Kier alpha value is -1.74. The fourth-order valence-corrected chi connectivity index (χ4v) is 2.19. The molecule has 0 saturated heterocycles. The summed E-state index contributed by atoms with van der Waals surface area (Å²) < 4.78 is 11.4. The third-order valence-electron chi connectivity index (χ3n) is 3.36. The first-order valence-electron chi connectivity index (χ1n) is 6.91. The molecule has 0 saturated carbocycles. The molecule has 0 aliphatic carbocycles. The Kier molecular flexibility index (Phi) is 4.19. The normalized spacial score (nSPS) is 11.7. The number of hydrogen-bond donors (Lipinski definition) is 1. The molecule has 2 aromatic rings. The fraction of sp³-hybridized carbons (Fsp3) is 0.412. The van der Waals surface area contributed by atoms with Crippen molar-refractivity contribution in [2.75, 3.05) is 0 Å². The van der Waals surface area contributed by atoms with Gasteiger partial charge in [0.1, 0.15) is 18.1 Å². The van der Waals surface area contributed by atoms with Crippen molar-refractivity contribution in [3.63, 3.8) is 0 Å². The van der Waals surface area contributed by atoms with Crippen molar-refractivity contribution in [2.45, 2.75) is 46.3 Å². The molecule has 1 aromatic carbocycles. The van der Waals surface area contributed by atoms with Crippen LogP contribution in [0.3, 0.4) is 0 Å². The Labute approximate surface area is 120 Å². The van der Waals surface area contributed by atoms with E-state index >= 15 is 0 Å². The second kappa shape index (κ2) is 5.71. The van der Waals surface area contributed by atoms with Gasteiger partial charge in [-0.2, -0.15) is 0 Å². The monoisotopic (exact) mass is 273 g/mol. The second-order valence-corrected chi connectivity index (χ2v) is 6.11. The summed E-state index contributed by atoms with van der Waals surface area (Å²) in [5.41, 5.74) is 9.10. The van der Waals surface area contributed by atoms with E-state index in [2.05, 4.69) is 45.9 Å². The summed E-state index contributed by atoms with van der Waals surface area (Å²) in [6.45, 7) is 9.49. The third kappa shape index (κ3) is 3.23. The summed E-state index contributed by atoms with van der Waals surface area (Å²) in [5.74, 6) is 1.71. The highest BCUT2D eigenvalue weighted by Gasteiger charge is 2.19. The lowest BCUT2D eigenvalue weighted by molar-refractivity contribution is 0.262. The van der Waals surface area contributed by atoms with E-state index in [0.717, 1.165) is 17.1 Å². The largest absolute Gasteiger partial charge is 0.485 e. The van der Waals surface area contributed by atoms with Gasteiger partial charge >= 0.3 is 0 Å². The van der Waals surface area contributed by atoms with Crippen molar-refractivity contribution in [1.29, 1.82) is 0 Å². The van der Waals surface area contributed by atoms with E-state index in [0.29, 0.717) is 13.2 Å². The van der Waals surface area contributed by atoms with Gasteiger partial charge in [0.25, 0.3) is 0 Å². The molecule has 108 valence electrons. The zero-order chi connectivity index (χ0) is 14.8. The van der Waals surface area contributed by atoms with Gasteiger partial charge in [-0.25, -0.2) is 0 Å². The molecule has 0 radical (unpaired) electrons. The van der Waals surface area contributed by atoms with E-state index in [1.807, 2.05) is 6.07 Å². The van der Waals surface area contributed by atoms with E-state index in [-0.39, 0.29) is 5.41 Å². The van der Waals surface area contributed by atoms with Gasteiger partial charge in [0, 0.05) is 12.1 Å². The van der Waals surface area contributed by atoms with Crippen LogP contribution in [0.1, 0.15) is 43.2 Å². The third-order valence-corrected chi connectivity index (χ3v) is 3.36. The Bertz CT molecular complexity index is 579. The van der Waals surface area contributed by atoms with Crippen LogP contribution in [-0.2, 0) is 18.6 Å². The van der Waals surface area contributed by atoms with Crippen LogP contribution in [0.2, 0.25) is 0 Å². The smallest absolute Gasteiger partial charge is 0.146 e. The van der Waals surface area contributed by atoms with Gasteiger partial charge in [0.2, 0.25) is 0 Å². The number of hydrogen-bond acceptors (Lipinski definition) is 3. The highest BCUT2D eigenvalue weighted by Crippen LogP contribution is 2.32. The summed E-state index contributed by atoms with van der Waals surface area (Å²) in [4.78, 5) is 0. The highest BCUT2D eigenvalue weighted by molar-refractivity contribution is 5.41. The number of rotatable bonds is 4. The van der Waals surface area contributed by atoms with Crippen LogP contribution >= 0.6 is 0 Å². The molecule has 0 amide bonds. The lowest BCUT2D eigenvalue weighted by Crippen LogP contribution is -2.14. The maximum absolute atomic E-state index is 5.98. The van der Waals surface area contributed by atoms with Gasteiger partial charge in [-0.05, 0) is 35.6 Å². The standard InChI is InChI=1S/C17H23NO2/c1-12-5-6-14(17(2,3)4)15(9-12)20-11-16-13(10-18)7-8-19-16/h5-9H,10-11,18H2,1-4H3. The molecule has 2 N–H and O–H groups in total. The lowest BCUT2D eigenvalue weighted by Gasteiger charge is -2.23. The number of aryl methyl sites for hydroxylation is 1. The van der Waals surface area contributed by atoms with Crippen molar-refractivity contribution in [2.24, 2.45) is 5.73 Å². The van der Waals surface area contributed by atoms with E-state index in [1.54, 1.807) is 6.26 Å². The molecule has 0 fully saturated rings. The summed E-state index contributed by atoms with van der Waals surface area (Å²) in [6, 6.07) is 8.22. The molecule has 1 aromatic heterocycles. The first-order valence-corrected chi connectivity index (χ1v) is 6.91. The van der Waals surface area contributed by atoms with Gasteiger partial charge in [0.05, 0.1) is 6.26 Å².